The molecule has 15 heavy (non-hydrogen) atoms. The lowest BCUT2D eigenvalue weighted by Gasteiger charge is -2.19. The van der Waals surface area contributed by atoms with Crippen LogP contribution in [0, 0.1) is 5.95 Å². The maximum Gasteiger partial charge on any atom is 0.239 e. The number of halogens is 1. The van der Waals surface area contributed by atoms with E-state index < -0.39 is 5.95 Å². The normalized spacial score (nSPS) is 17.1. The summed E-state index contributed by atoms with van der Waals surface area (Å²) < 4.78 is 12.8. The van der Waals surface area contributed by atoms with Gasteiger partial charge >= 0.3 is 0 Å². The zero-order valence-electron chi connectivity index (χ0n) is 8.11. The molecule has 1 aromatic rings. The summed E-state index contributed by atoms with van der Waals surface area (Å²) in [6, 6.07) is 1.23. The highest BCUT2D eigenvalue weighted by Gasteiger charge is 2.16. The lowest BCUT2D eigenvalue weighted by Crippen LogP contribution is -2.33. The number of carbonyl (C=O) groups excluding carboxylic acids is 1. The molecule has 1 aliphatic heterocycles. The second-order valence-electron chi connectivity index (χ2n) is 3.32. The zero-order chi connectivity index (χ0) is 10.7. The van der Waals surface area contributed by atoms with Gasteiger partial charge in [0.15, 0.2) is 0 Å². The number of aromatic nitrogens is 2. The van der Waals surface area contributed by atoms with E-state index in [4.69, 9.17) is 0 Å². The van der Waals surface area contributed by atoms with Crippen LogP contribution in [0.3, 0.4) is 0 Å². The van der Waals surface area contributed by atoms with Gasteiger partial charge in [-0.1, -0.05) is 0 Å². The molecule has 1 N–H and O–H groups in total. The average Bonchev–Trinajstić information content (AvgIpc) is 2.43. The van der Waals surface area contributed by atoms with Crippen molar-refractivity contribution >= 4 is 11.7 Å². The average molecular weight is 210 g/mol. The molecule has 1 fully saturated rings. The molecule has 0 unspecified atom stereocenters. The molecule has 0 aliphatic carbocycles. The second kappa shape index (κ2) is 4.20. The van der Waals surface area contributed by atoms with E-state index in [0.29, 0.717) is 18.9 Å². The Labute approximate surface area is 86.3 Å². The minimum absolute atomic E-state index is 0.0634. The molecule has 0 spiro atoms. The molecule has 1 saturated heterocycles. The van der Waals surface area contributed by atoms with Crippen LogP contribution in [0.25, 0.3) is 0 Å². The number of hydrogen-bond acceptors (Lipinski definition) is 4. The van der Waals surface area contributed by atoms with Crippen LogP contribution in [-0.4, -0.2) is 35.5 Å². The summed E-state index contributed by atoms with van der Waals surface area (Å²) in [5.74, 6) is -0.185. The number of hydrogen-bond donors (Lipinski definition) is 1. The fraction of sp³-hybridized carbons (Fsp3) is 0.444. The first-order chi connectivity index (χ1) is 7.25. The van der Waals surface area contributed by atoms with Crippen molar-refractivity contribution in [1.82, 2.24) is 15.3 Å². The van der Waals surface area contributed by atoms with Gasteiger partial charge in [-0.15, -0.1) is 0 Å². The summed E-state index contributed by atoms with van der Waals surface area (Å²) in [6.07, 6.45) is 1.99. The molecule has 1 aliphatic rings. The molecule has 0 saturated carbocycles. The van der Waals surface area contributed by atoms with E-state index in [1.165, 1.54) is 6.07 Å². The van der Waals surface area contributed by atoms with Gasteiger partial charge in [-0.2, -0.15) is 4.39 Å². The van der Waals surface area contributed by atoms with E-state index in [2.05, 4.69) is 15.3 Å². The van der Waals surface area contributed by atoms with Gasteiger partial charge in [0.25, 0.3) is 0 Å². The van der Waals surface area contributed by atoms with E-state index >= 15 is 0 Å². The molecule has 6 heteroatoms. The lowest BCUT2D eigenvalue weighted by molar-refractivity contribution is -0.119. The van der Waals surface area contributed by atoms with Gasteiger partial charge in [0.1, 0.15) is 12.1 Å². The SMILES string of the molecule is O=C1CN(c2cc(F)ncn2)CCCN1. The Morgan fingerprint density at radius 2 is 2.33 bits per heavy atom. The Balaban J connectivity index is 2.18. The number of anilines is 1. The first-order valence-corrected chi connectivity index (χ1v) is 4.75. The van der Waals surface area contributed by atoms with Crippen molar-refractivity contribution in [2.75, 3.05) is 24.5 Å². The molecule has 0 atom stereocenters. The second-order valence-corrected chi connectivity index (χ2v) is 3.32. The minimum atomic E-state index is -0.579. The van der Waals surface area contributed by atoms with Crippen LogP contribution >= 0.6 is 0 Å². The summed E-state index contributed by atoms with van der Waals surface area (Å²) >= 11 is 0. The standard InChI is InChI=1S/C9H11FN4O/c10-7-4-8(13-6-12-7)14-3-1-2-11-9(15)5-14/h4,6H,1-3,5H2,(H,11,15). The highest BCUT2D eigenvalue weighted by atomic mass is 19.1. The van der Waals surface area contributed by atoms with Crippen molar-refractivity contribution in [2.24, 2.45) is 0 Å². The largest absolute Gasteiger partial charge is 0.354 e. The van der Waals surface area contributed by atoms with Gasteiger partial charge in [-0.3, -0.25) is 4.79 Å². The highest BCUT2D eigenvalue weighted by Crippen LogP contribution is 2.11. The van der Waals surface area contributed by atoms with Gasteiger partial charge < -0.3 is 10.2 Å². The van der Waals surface area contributed by atoms with Crippen LogP contribution in [0.4, 0.5) is 10.2 Å². The summed E-state index contributed by atoms with van der Waals surface area (Å²) in [4.78, 5) is 20.3. The van der Waals surface area contributed by atoms with E-state index in [0.717, 1.165) is 12.7 Å². The van der Waals surface area contributed by atoms with Crippen LogP contribution < -0.4 is 10.2 Å². The zero-order valence-corrected chi connectivity index (χ0v) is 8.11. The van der Waals surface area contributed by atoms with Crippen LogP contribution in [0.2, 0.25) is 0 Å². The fourth-order valence-corrected chi connectivity index (χ4v) is 1.50. The maximum absolute atomic E-state index is 12.8. The molecule has 5 nitrogen and oxygen atoms in total. The van der Waals surface area contributed by atoms with Gasteiger partial charge in [-0.05, 0) is 6.42 Å². The molecule has 1 aromatic heterocycles. The van der Waals surface area contributed by atoms with Crippen LogP contribution in [0.1, 0.15) is 6.42 Å². The third-order valence-electron chi connectivity index (χ3n) is 2.20. The third-order valence-corrected chi connectivity index (χ3v) is 2.20. The van der Waals surface area contributed by atoms with Crippen molar-refractivity contribution in [1.29, 1.82) is 0 Å². The predicted molar refractivity (Wildman–Crippen MR) is 51.8 cm³/mol. The topological polar surface area (TPSA) is 58.1 Å². The monoisotopic (exact) mass is 210 g/mol. The van der Waals surface area contributed by atoms with E-state index in [1.54, 1.807) is 4.90 Å². The van der Waals surface area contributed by atoms with Crippen molar-refractivity contribution in [3.05, 3.63) is 18.3 Å². The number of amides is 1. The van der Waals surface area contributed by atoms with Crippen LogP contribution in [-0.2, 0) is 4.79 Å². The molecule has 0 aromatic carbocycles. The van der Waals surface area contributed by atoms with E-state index in [-0.39, 0.29) is 12.5 Å². The molecular formula is C9H11FN4O. The summed E-state index contributed by atoms with van der Waals surface area (Å²) in [5.41, 5.74) is 0. The van der Waals surface area contributed by atoms with Crippen LogP contribution in [0.5, 0.6) is 0 Å². The van der Waals surface area contributed by atoms with Crippen molar-refractivity contribution in [3.63, 3.8) is 0 Å². The smallest absolute Gasteiger partial charge is 0.239 e. The van der Waals surface area contributed by atoms with E-state index in [9.17, 15) is 9.18 Å². The van der Waals surface area contributed by atoms with Crippen molar-refractivity contribution in [2.45, 2.75) is 6.42 Å². The first-order valence-electron chi connectivity index (χ1n) is 4.75. The van der Waals surface area contributed by atoms with Gasteiger partial charge in [-0.25, -0.2) is 9.97 Å². The Morgan fingerprint density at radius 1 is 1.47 bits per heavy atom. The van der Waals surface area contributed by atoms with Crippen molar-refractivity contribution < 1.29 is 9.18 Å². The molecule has 2 heterocycles. The van der Waals surface area contributed by atoms with Crippen molar-refractivity contribution in [3.8, 4) is 0 Å². The Bertz CT molecular complexity index is 371. The quantitative estimate of drug-likeness (QED) is 0.660. The summed E-state index contributed by atoms with van der Waals surface area (Å²) in [5, 5.41) is 2.74. The maximum atomic E-state index is 12.8. The van der Waals surface area contributed by atoms with E-state index in [1.807, 2.05) is 0 Å². The molecular weight excluding hydrogens is 199 g/mol. The number of nitrogens with zero attached hydrogens (tertiary/aromatic N) is 3. The fourth-order valence-electron chi connectivity index (χ4n) is 1.50. The molecule has 1 amide bonds. The van der Waals surface area contributed by atoms with Gasteiger partial charge in [0.05, 0.1) is 6.54 Å². The lowest BCUT2D eigenvalue weighted by atomic mass is 10.4. The molecule has 0 bridgehead atoms. The number of nitrogens with one attached hydrogen (secondary N) is 1. The Morgan fingerprint density at radius 3 is 3.13 bits per heavy atom. The van der Waals surface area contributed by atoms with Gasteiger partial charge in [0.2, 0.25) is 11.9 Å². The highest BCUT2D eigenvalue weighted by molar-refractivity contribution is 5.81. The Hall–Kier alpha value is -1.72. The molecule has 0 radical (unpaired) electrons. The molecule has 2 rings (SSSR count). The number of rotatable bonds is 1. The molecule has 80 valence electrons. The Kier molecular flexibility index (Phi) is 2.75. The summed E-state index contributed by atoms with van der Waals surface area (Å²) in [7, 11) is 0. The van der Waals surface area contributed by atoms with Gasteiger partial charge in [0, 0.05) is 19.2 Å². The number of carbonyl (C=O) groups is 1. The summed E-state index contributed by atoms with van der Waals surface area (Å²) in [6.45, 7) is 1.56. The predicted octanol–water partition coefficient (Wildman–Crippen LogP) is -0.0580. The third kappa shape index (κ3) is 2.39. The van der Waals surface area contributed by atoms with Crippen LogP contribution in [0.15, 0.2) is 12.4 Å². The first kappa shape index (κ1) is 9.82. The minimum Gasteiger partial charge on any atom is -0.354 e.